The largest absolute Gasteiger partial charge is 0.462 e. The molecule has 6 heteroatoms. The molecule has 160 valence electrons. The number of aryl methyl sites for hydroxylation is 1. The quantitative estimate of drug-likeness (QED) is 0.683. The van der Waals surface area contributed by atoms with Gasteiger partial charge in [-0.05, 0) is 69.7 Å². The van der Waals surface area contributed by atoms with Gasteiger partial charge in [0.05, 0.1) is 12.2 Å². The first kappa shape index (κ1) is 21.1. The molecule has 1 aliphatic carbocycles. The van der Waals surface area contributed by atoms with Gasteiger partial charge in [0.2, 0.25) is 5.91 Å². The summed E-state index contributed by atoms with van der Waals surface area (Å²) in [7, 11) is 0. The molecule has 4 rings (SSSR count). The smallest absolute Gasteiger partial charge is 0.341 e. The molecule has 2 aliphatic rings. The number of nitrogens with one attached hydrogen (secondary N) is 1. The summed E-state index contributed by atoms with van der Waals surface area (Å²) in [5.74, 6) is -0.269. The van der Waals surface area contributed by atoms with Crippen LogP contribution in [0, 0.1) is 5.92 Å². The van der Waals surface area contributed by atoms with E-state index in [1.807, 2.05) is 13.0 Å². The van der Waals surface area contributed by atoms with Crippen molar-refractivity contribution in [2.24, 2.45) is 5.92 Å². The predicted molar refractivity (Wildman–Crippen MR) is 120 cm³/mol. The topological polar surface area (TPSA) is 58.6 Å². The Hall–Kier alpha value is -2.18. The van der Waals surface area contributed by atoms with Gasteiger partial charge in [0.15, 0.2) is 0 Å². The fourth-order valence-electron chi connectivity index (χ4n) is 4.48. The van der Waals surface area contributed by atoms with Crippen LogP contribution in [0.5, 0.6) is 0 Å². The maximum absolute atomic E-state index is 13.0. The fourth-order valence-corrected chi connectivity index (χ4v) is 5.76. The van der Waals surface area contributed by atoms with Gasteiger partial charge in [-0.25, -0.2) is 4.79 Å². The van der Waals surface area contributed by atoms with Crippen LogP contribution in [0.2, 0.25) is 0 Å². The average Bonchev–Trinajstić information content (AvgIpc) is 3.13. The summed E-state index contributed by atoms with van der Waals surface area (Å²) in [5.41, 5.74) is 3.01. The van der Waals surface area contributed by atoms with Crippen molar-refractivity contribution >= 4 is 28.2 Å². The molecule has 2 heterocycles. The lowest BCUT2D eigenvalue weighted by molar-refractivity contribution is -0.121. The number of anilines is 1. The van der Waals surface area contributed by atoms with E-state index in [4.69, 9.17) is 4.74 Å². The lowest BCUT2D eigenvalue weighted by Crippen LogP contribution is -2.37. The maximum atomic E-state index is 13.0. The molecule has 0 unspecified atom stereocenters. The number of hydrogen-bond donors (Lipinski definition) is 1. The lowest BCUT2D eigenvalue weighted by Gasteiger charge is -2.31. The Morgan fingerprint density at radius 2 is 1.87 bits per heavy atom. The minimum atomic E-state index is -0.301. The predicted octanol–water partition coefficient (Wildman–Crippen LogP) is 4.65. The molecule has 5 nitrogen and oxygen atoms in total. The highest BCUT2D eigenvalue weighted by Gasteiger charge is 2.30. The number of nitrogens with zero attached hydrogens (tertiary/aromatic N) is 1. The van der Waals surface area contributed by atoms with Gasteiger partial charge in [0.1, 0.15) is 5.00 Å². The Morgan fingerprint density at radius 3 is 2.60 bits per heavy atom. The van der Waals surface area contributed by atoms with Gasteiger partial charge >= 0.3 is 5.97 Å². The van der Waals surface area contributed by atoms with Crippen LogP contribution in [-0.2, 0) is 28.9 Å². The maximum Gasteiger partial charge on any atom is 0.341 e. The summed E-state index contributed by atoms with van der Waals surface area (Å²) < 4.78 is 5.30. The van der Waals surface area contributed by atoms with Gasteiger partial charge in [-0.1, -0.05) is 30.3 Å². The van der Waals surface area contributed by atoms with Crippen LogP contribution in [-0.4, -0.2) is 36.5 Å². The number of carbonyl (C=O) groups excluding carboxylic acids is 2. The monoisotopic (exact) mass is 426 g/mol. The number of piperidine rings is 1. The van der Waals surface area contributed by atoms with E-state index in [0.29, 0.717) is 17.2 Å². The van der Waals surface area contributed by atoms with Crippen LogP contribution in [0.4, 0.5) is 5.00 Å². The van der Waals surface area contributed by atoms with Crippen molar-refractivity contribution in [1.82, 2.24) is 4.90 Å². The molecular formula is C24H30N2O3S. The first-order valence-electron chi connectivity index (χ1n) is 11.0. The molecule has 0 spiro atoms. The average molecular weight is 427 g/mol. The number of thiophene rings is 1. The molecule has 0 atom stereocenters. The molecule has 1 saturated heterocycles. The highest BCUT2D eigenvalue weighted by atomic mass is 32.1. The van der Waals surface area contributed by atoms with Crippen LogP contribution in [0.15, 0.2) is 30.3 Å². The van der Waals surface area contributed by atoms with Crippen molar-refractivity contribution in [1.29, 1.82) is 0 Å². The highest BCUT2D eigenvalue weighted by molar-refractivity contribution is 7.17. The molecule has 0 bridgehead atoms. The van der Waals surface area contributed by atoms with E-state index in [-0.39, 0.29) is 17.8 Å². The summed E-state index contributed by atoms with van der Waals surface area (Å²) in [6.07, 6.45) is 5.80. The molecule has 30 heavy (non-hydrogen) atoms. The second-order valence-electron chi connectivity index (χ2n) is 8.16. The second kappa shape index (κ2) is 9.75. The summed E-state index contributed by atoms with van der Waals surface area (Å²) >= 11 is 1.57. The van der Waals surface area contributed by atoms with Crippen LogP contribution >= 0.6 is 11.3 Å². The van der Waals surface area contributed by atoms with Crippen LogP contribution in [0.25, 0.3) is 0 Å². The van der Waals surface area contributed by atoms with Gasteiger partial charge in [0.25, 0.3) is 0 Å². The number of esters is 1. The van der Waals surface area contributed by atoms with E-state index in [0.717, 1.165) is 63.7 Å². The van der Waals surface area contributed by atoms with Crippen molar-refractivity contribution in [3.05, 3.63) is 51.9 Å². The number of rotatable bonds is 6. The highest BCUT2D eigenvalue weighted by Crippen LogP contribution is 2.39. The molecule has 0 saturated carbocycles. The SMILES string of the molecule is CCOC(=O)c1c(NC(=O)C2CCN(Cc3ccccc3)CC2)sc2c1CCCC2. The Balaban J connectivity index is 1.39. The zero-order chi connectivity index (χ0) is 20.9. The van der Waals surface area contributed by atoms with Gasteiger partial charge in [-0.15, -0.1) is 11.3 Å². The summed E-state index contributed by atoms with van der Waals surface area (Å²) in [6.45, 7) is 4.92. The zero-order valence-corrected chi connectivity index (χ0v) is 18.4. The molecule has 1 amide bonds. The first-order chi connectivity index (χ1) is 14.7. The number of likely N-dealkylation sites (tertiary alicyclic amines) is 1. The minimum absolute atomic E-state index is 0.00815. The van der Waals surface area contributed by atoms with E-state index < -0.39 is 0 Å². The number of benzene rings is 1. The molecule has 0 radical (unpaired) electrons. The van der Waals surface area contributed by atoms with Crippen molar-refractivity contribution in [3.8, 4) is 0 Å². The molecule has 1 fully saturated rings. The molecule has 1 N–H and O–H groups in total. The normalized spacial score (nSPS) is 17.4. The fraction of sp³-hybridized carbons (Fsp3) is 0.500. The first-order valence-corrected chi connectivity index (χ1v) is 11.9. The standard InChI is InChI=1S/C24H30N2O3S/c1-2-29-24(28)21-19-10-6-7-11-20(19)30-23(21)25-22(27)18-12-14-26(15-13-18)16-17-8-4-3-5-9-17/h3-5,8-9,18H,2,6-7,10-16H2,1H3,(H,25,27). The molecule has 1 aliphatic heterocycles. The third kappa shape index (κ3) is 4.76. The third-order valence-corrected chi connectivity index (χ3v) is 7.30. The Kier molecular flexibility index (Phi) is 6.85. The van der Waals surface area contributed by atoms with E-state index in [1.54, 1.807) is 11.3 Å². The van der Waals surface area contributed by atoms with Crippen molar-refractivity contribution in [2.45, 2.75) is 52.0 Å². The summed E-state index contributed by atoms with van der Waals surface area (Å²) in [6, 6.07) is 10.5. The number of ether oxygens (including phenoxy) is 1. The number of carbonyl (C=O) groups is 2. The molecule has 1 aromatic carbocycles. The number of fused-ring (bicyclic) bond motifs is 1. The van der Waals surface area contributed by atoms with Crippen molar-refractivity contribution in [3.63, 3.8) is 0 Å². The number of hydrogen-bond acceptors (Lipinski definition) is 5. The van der Waals surface area contributed by atoms with Gasteiger partial charge < -0.3 is 10.1 Å². The van der Waals surface area contributed by atoms with Crippen LogP contribution < -0.4 is 5.32 Å². The second-order valence-corrected chi connectivity index (χ2v) is 9.27. The minimum Gasteiger partial charge on any atom is -0.462 e. The van der Waals surface area contributed by atoms with Gasteiger partial charge in [-0.2, -0.15) is 0 Å². The molecule has 2 aromatic rings. The zero-order valence-electron chi connectivity index (χ0n) is 17.6. The lowest BCUT2D eigenvalue weighted by atomic mass is 9.94. The Bertz CT molecular complexity index is 885. The third-order valence-electron chi connectivity index (χ3n) is 6.09. The van der Waals surface area contributed by atoms with Gasteiger partial charge in [0, 0.05) is 17.3 Å². The molecular weight excluding hydrogens is 396 g/mol. The Morgan fingerprint density at radius 1 is 1.13 bits per heavy atom. The molecule has 1 aromatic heterocycles. The summed E-state index contributed by atoms with van der Waals surface area (Å²) in [5, 5.41) is 3.79. The van der Waals surface area contributed by atoms with E-state index in [9.17, 15) is 9.59 Å². The van der Waals surface area contributed by atoms with Crippen molar-refractivity contribution < 1.29 is 14.3 Å². The van der Waals surface area contributed by atoms with E-state index in [1.165, 1.54) is 10.4 Å². The van der Waals surface area contributed by atoms with E-state index in [2.05, 4.69) is 34.5 Å². The van der Waals surface area contributed by atoms with Crippen LogP contribution in [0.3, 0.4) is 0 Å². The van der Waals surface area contributed by atoms with E-state index >= 15 is 0 Å². The van der Waals surface area contributed by atoms with Crippen LogP contribution in [0.1, 0.15) is 59.0 Å². The van der Waals surface area contributed by atoms with Crippen molar-refractivity contribution in [2.75, 3.05) is 25.0 Å². The summed E-state index contributed by atoms with van der Waals surface area (Å²) in [4.78, 5) is 29.2. The Labute approximate surface area is 182 Å². The number of amides is 1. The van der Waals surface area contributed by atoms with Gasteiger partial charge in [-0.3, -0.25) is 9.69 Å².